The Hall–Kier alpha value is -1.83. The minimum absolute atomic E-state index is 0.246. The molecule has 2 heteroatoms. The van der Waals surface area contributed by atoms with E-state index in [9.17, 15) is 4.79 Å². The predicted molar refractivity (Wildman–Crippen MR) is 93.8 cm³/mol. The van der Waals surface area contributed by atoms with Gasteiger partial charge in [0.2, 0.25) is 0 Å². The lowest BCUT2D eigenvalue weighted by Crippen LogP contribution is -2.19. The molecule has 1 N–H and O–H groups in total. The van der Waals surface area contributed by atoms with Crippen molar-refractivity contribution in [3.63, 3.8) is 0 Å². The summed E-state index contributed by atoms with van der Waals surface area (Å²) in [7, 11) is 0. The van der Waals surface area contributed by atoms with E-state index < -0.39 is 5.97 Å². The molecule has 0 radical (unpaired) electrons. The summed E-state index contributed by atoms with van der Waals surface area (Å²) in [5, 5.41) is 8.65. The molecular formula is C20H28O2. The smallest absolute Gasteiger partial charge is 0.328 e. The fourth-order valence-electron chi connectivity index (χ4n) is 2.92. The maximum Gasteiger partial charge on any atom is 0.328 e. The minimum Gasteiger partial charge on any atom is -0.478 e. The molecule has 22 heavy (non-hydrogen) atoms. The second kappa shape index (κ2) is 7.98. The van der Waals surface area contributed by atoms with Gasteiger partial charge in [0.1, 0.15) is 0 Å². The lowest BCUT2D eigenvalue weighted by atomic mass is 9.72. The standard InChI is InChI=1S/C20H28O2/c1-15(8-6-9-16(2)14-19(21)22)11-12-18-17(3)10-7-13-20(18,4)5/h6,9,11-12,14H,1,7-8,10,13H2,2-5H3,(H,21,22)/b9-6+,12-11+,16-14+. The Kier molecular flexibility index (Phi) is 6.61. The molecule has 2 nitrogen and oxygen atoms in total. The second-order valence-electron chi connectivity index (χ2n) is 6.76. The number of carboxylic acid groups (broad SMARTS) is 1. The molecule has 0 aromatic carbocycles. The van der Waals surface area contributed by atoms with Gasteiger partial charge in [-0.1, -0.05) is 55.9 Å². The maximum atomic E-state index is 10.5. The highest BCUT2D eigenvalue weighted by atomic mass is 16.4. The molecule has 0 aromatic rings. The van der Waals surface area contributed by atoms with Crippen LogP contribution in [0, 0.1) is 5.41 Å². The van der Waals surface area contributed by atoms with E-state index >= 15 is 0 Å². The van der Waals surface area contributed by atoms with Crippen LogP contribution in [0.15, 0.2) is 59.3 Å². The Morgan fingerprint density at radius 1 is 1.36 bits per heavy atom. The topological polar surface area (TPSA) is 37.3 Å². The molecular weight excluding hydrogens is 272 g/mol. The molecule has 0 spiro atoms. The molecule has 0 heterocycles. The fraction of sp³-hybridized carbons (Fsp3) is 0.450. The van der Waals surface area contributed by atoms with Crippen LogP contribution in [0.1, 0.15) is 53.4 Å². The average molecular weight is 300 g/mol. The number of hydrogen-bond donors (Lipinski definition) is 1. The van der Waals surface area contributed by atoms with Crippen molar-refractivity contribution in [2.75, 3.05) is 0 Å². The molecule has 0 aromatic heterocycles. The largest absolute Gasteiger partial charge is 0.478 e. The monoisotopic (exact) mass is 300 g/mol. The molecule has 0 fully saturated rings. The Morgan fingerprint density at radius 2 is 2.05 bits per heavy atom. The third-order valence-electron chi connectivity index (χ3n) is 4.14. The zero-order valence-corrected chi connectivity index (χ0v) is 14.3. The number of rotatable bonds is 6. The van der Waals surface area contributed by atoms with Crippen LogP contribution < -0.4 is 0 Å². The molecule has 0 saturated carbocycles. The van der Waals surface area contributed by atoms with E-state index in [0.29, 0.717) is 0 Å². The van der Waals surface area contributed by atoms with Crippen LogP contribution >= 0.6 is 0 Å². The van der Waals surface area contributed by atoms with Crippen LogP contribution in [0.25, 0.3) is 0 Å². The molecule has 0 unspecified atom stereocenters. The third-order valence-corrected chi connectivity index (χ3v) is 4.14. The van der Waals surface area contributed by atoms with Crippen molar-refractivity contribution in [1.29, 1.82) is 0 Å². The highest BCUT2D eigenvalue weighted by Gasteiger charge is 2.26. The number of hydrogen-bond acceptors (Lipinski definition) is 1. The van der Waals surface area contributed by atoms with Gasteiger partial charge in [-0.3, -0.25) is 0 Å². The fourth-order valence-corrected chi connectivity index (χ4v) is 2.92. The maximum absolute atomic E-state index is 10.5. The summed E-state index contributed by atoms with van der Waals surface area (Å²) in [5.74, 6) is -0.914. The Morgan fingerprint density at radius 3 is 2.64 bits per heavy atom. The van der Waals surface area contributed by atoms with E-state index in [1.54, 1.807) is 6.92 Å². The normalized spacial score (nSPS) is 19.2. The first kappa shape index (κ1) is 18.2. The van der Waals surface area contributed by atoms with E-state index in [-0.39, 0.29) is 5.41 Å². The predicted octanol–water partition coefficient (Wildman–Crippen LogP) is 5.60. The van der Waals surface area contributed by atoms with E-state index in [1.807, 2.05) is 12.2 Å². The molecule has 1 aliphatic rings. The van der Waals surface area contributed by atoms with Crippen LogP contribution in [0.2, 0.25) is 0 Å². The summed E-state index contributed by atoms with van der Waals surface area (Å²) < 4.78 is 0. The van der Waals surface area contributed by atoms with Crippen molar-refractivity contribution >= 4 is 5.97 Å². The first-order chi connectivity index (χ1) is 10.2. The zero-order valence-electron chi connectivity index (χ0n) is 14.3. The zero-order chi connectivity index (χ0) is 16.8. The summed E-state index contributed by atoms with van der Waals surface area (Å²) in [6, 6.07) is 0. The van der Waals surface area contributed by atoms with E-state index in [4.69, 9.17) is 5.11 Å². The quantitative estimate of drug-likeness (QED) is 0.512. The molecule has 0 aliphatic heterocycles. The van der Waals surface area contributed by atoms with Gasteiger partial charge in [-0.2, -0.15) is 0 Å². The van der Waals surface area contributed by atoms with Gasteiger partial charge < -0.3 is 5.11 Å². The summed E-state index contributed by atoms with van der Waals surface area (Å²) in [6.07, 6.45) is 13.7. The molecule has 1 rings (SSSR count). The first-order valence-electron chi connectivity index (χ1n) is 7.86. The molecule has 120 valence electrons. The highest BCUT2D eigenvalue weighted by molar-refractivity contribution is 5.81. The van der Waals surface area contributed by atoms with Crippen LogP contribution in [0.5, 0.6) is 0 Å². The van der Waals surface area contributed by atoms with E-state index in [1.165, 1.54) is 36.5 Å². The van der Waals surface area contributed by atoms with Crippen molar-refractivity contribution in [3.05, 3.63) is 59.3 Å². The summed E-state index contributed by atoms with van der Waals surface area (Å²) >= 11 is 0. The van der Waals surface area contributed by atoms with Gasteiger partial charge in [-0.15, -0.1) is 0 Å². The highest BCUT2D eigenvalue weighted by Crippen LogP contribution is 2.40. The summed E-state index contributed by atoms with van der Waals surface area (Å²) in [4.78, 5) is 10.5. The first-order valence-corrected chi connectivity index (χ1v) is 7.86. The van der Waals surface area contributed by atoms with E-state index in [0.717, 1.165) is 17.6 Å². The van der Waals surface area contributed by atoms with Crippen molar-refractivity contribution in [1.82, 2.24) is 0 Å². The van der Waals surface area contributed by atoms with Gasteiger partial charge in [0, 0.05) is 6.08 Å². The SMILES string of the molecule is C=C(/C=C/C1=C(C)CCCC1(C)C)C/C=C/C(C)=C/C(=O)O. The van der Waals surface area contributed by atoms with Crippen molar-refractivity contribution in [2.45, 2.75) is 53.4 Å². The van der Waals surface area contributed by atoms with Gasteiger partial charge in [-0.05, 0) is 56.1 Å². The number of aliphatic carboxylic acids is 1. The van der Waals surface area contributed by atoms with Crippen molar-refractivity contribution in [2.24, 2.45) is 5.41 Å². The van der Waals surface area contributed by atoms with Crippen LogP contribution in [-0.2, 0) is 4.79 Å². The average Bonchev–Trinajstić information content (AvgIpc) is 2.36. The lowest BCUT2D eigenvalue weighted by molar-refractivity contribution is -0.131. The summed E-state index contributed by atoms with van der Waals surface area (Å²) in [5.41, 5.74) is 4.93. The number of carboxylic acids is 1. The van der Waals surface area contributed by atoms with Crippen LogP contribution in [-0.4, -0.2) is 11.1 Å². The number of allylic oxidation sites excluding steroid dienone is 8. The molecule has 0 atom stereocenters. The van der Waals surface area contributed by atoms with Gasteiger partial charge in [0.15, 0.2) is 0 Å². The summed E-state index contributed by atoms with van der Waals surface area (Å²) in [6.45, 7) is 12.7. The number of carbonyl (C=O) groups is 1. The van der Waals surface area contributed by atoms with Crippen molar-refractivity contribution in [3.8, 4) is 0 Å². The van der Waals surface area contributed by atoms with Crippen molar-refractivity contribution < 1.29 is 9.90 Å². The molecule has 0 bridgehead atoms. The molecule has 0 saturated heterocycles. The van der Waals surface area contributed by atoms with E-state index in [2.05, 4.69) is 39.5 Å². The van der Waals surface area contributed by atoms with Gasteiger partial charge in [0.25, 0.3) is 0 Å². The Balaban J connectivity index is 2.65. The molecule has 0 amide bonds. The second-order valence-corrected chi connectivity index (χ2v) is 6.76. The lowest BCUT2D eigenvalue weighted by Gasteiger charge is -2.33. The van der Waals surface area contributed by atoms with Gasteiger partial charge >= 0.3 is 5.97 Å². The van der Waals surface area contributed by atoms with Gasteiger partial charge in [-0.25, -0.2) is 4.79 Å². The van der Waals surface area contributed by atoms with Crippen LogP contribution in [0.4, 0.5) is 0 Å². The Labute approximate surface area is 134 Å². The molecule has 1 aliphatic carbocycles. The van der Waals surface area contributed by atoms with Crippen LogP contribution in [0.3, 0.4) is 0 Å². The minimum atomic E-state index is -0.914. The van der Waals surface area contributed by atoms with Gasteiger partial charge in [0.05, 0.1) is 0 Å². The Bertz CT molecular complexity index is 554. The third kappa shape index (κ3) is 5.88.